The Hall–Kier alpha value is -2.18. The van der Waals surface area contributed by atoms with Gasteiger partial charge in [-0.15, -0.1) is 0 Å². The molecule has 0 saturated heterocycles. The molecule has 1 N–H and O–H groups in total. The van der Waals surface area contributed by atoms with Crippen LogP contribution in [0.3, 0.4) is 0 Å². The quantitative estimate of drug-likeness (QED) is 0.690. The normalized spacial score (nSPS) is 10.3. The van der Waals surface area contributed by atoms with Crippen molar-refractivity contribution in [2.45, 2.75) is 6.61 Å². The van der Waals surface area contributed by atoms with E-state index in [2.05, 4.69) is 0 Å². The Morgan fingerprint density at radius 1 is 1.30 bits per heavy atom. The molecule has 0 heterocycles. The molecular formula is C13H9ClFNO4. The standard InChI is InChI=1S/C13H9ClFNO4/c14-9-1-2-13(12(5-9)16(18)19)20-11-4-8(7-17)3-10(15)6-11/h1-6,17H,7H2. The molecule has 0 amide bonds. The predicted octanol–water partition coefficient (Wildman–Crippen LogP) is 3.67. The molecule has 0 radical (unpaired) electrons. The van der Waals surface area contributed by atoms with E-state index in [1.807, 2.05) is 0 Å². The van der Waals surface area contributed by atoms with Crippen molar-refractivity contribution in [3.63, 3.8) is 0 Å². The summed E-state index contributed by atoms with van der Waals surface area (Å²) in [4.78, 5) is 10.3. The fourth-order valence-corrected chi connectivity index (χ4v) is 1.78. The Labute approximate surface area is 118 Å². The number of benzene rings is 2. The second-order valence-corrected chi connectivity index (χ2v) is 4.36. The maximum atomic E-state index is 13.3. The number of hydrogen-bond donors (Lipinski definition) is 1. The average Bonchev–Trinajstić information content (AvgIpc) is 2.40. The third kappa shape index (κ3) is 3.23. The van der Waals surface area contributed by atoms with E-state index in [0.29, 0.717) is 5.56 Å². The van der Waals surface area contributed by atoms with Crippen molar-refractivity contribution < 1.29 is 19.2 Å². The second kappa shape index (κ2) is 5.85. The minimum Gasteiger partial charge on any atom is -0.450 e. The van der Waals surface area contributed by atoms with Crippen molar-refractivity contribution in [2.24, 2.45) is 0 Å². The minimum absolute atomic E-state index is 0.0551. The Balaban J connectivity index is 2.39. The molecule has 20 heavy (non-hydrogen) atoms. The van der Waals surface area contributed by atoms with E-state index < -0.39 is 10.7 Å². The summed E-state index contributed by atoms with van der Waals surface area (Å²) in [7, 11) is 0. The van der Waals surface area contributed by atoms with Gasteiger partial charge in [0.15, 0.2) is 0 Å². The van der Waals surface area contributed by atoms with E-state index in [9.17, 15) is 14.5 Å². The number of nitro benzene ring substituents is 1. The minimum atomic E-state index is -0.645. The molecular weight excluding hydrogens is 289 g/mol. The Kier molecular flexibility index (Phi) is 4.16. The van der Waals surface area contributed by atoms with E-state index in [4.69, 9.17) is 21.4 Å². The SMILES string of the molecule is O=[N+]([O-])c1cc(Cl)ccc1Oc1cc(F)cc(CO)c1. The van der Waals surface area contributed by atoms with Crippen molar-refractivity contribution >= 4 is 17.3 Å². The van der Waals surface area contributed by atoms with Gasteiger partial charge in [-0.25, -0.2) is 4.39 Å². The van der Waals surface area contributed by atoms with Gasteiger partial charge in [-0.3, -0.25) is 10.1 Å². The first kappa shape index (κ1) is 14.2. The highest BCUT2D eigenvalue weighted by Crippen LogP contribution is 2.34. The topological polar surface area (TPSA) is 72.6 Å². The van der Waals surface area contributed by atoms with Crippen molar-refractivity contribution in [2.75, 3.05) is 0 Å². The predicted molar refractivity (Wildman–Crippen MR) is 70.5 cm³/mol. The molecule has 0 atom stereocenters. The first-order valence-electron chi connectivity index (χ1n) is 5.51. The summed E-state index contributed by atoms with van der Waals surface area (Å²) in [5.41, 5.74) is -0.0241. The summed E-state index contributed by atoms with van der Waals surface area (Å²) in [6.45, 7) is -0.364. The van der Waals surface area contributed by atoms with Crippen molar-refractivity contribution in [1.29, 1.82) is 0 Å². The van der Waals surface area contributed by atoms with Crippen molar-refractivity contribution in [3.8, 4) is 11.5 Å². The van der Waals surface area contributed by atoms with Crippen LogP contribution in [0.15, 0.2) is 36.4 Å². The summed E-state index contributed by atoms with van der Waals surface area (Å²) < 4.78 is 18.6. The number of nitro groups is 1. The lowest BCUT2D eigenvalue weighted by Gasteiger charge is -2.08. The summed E-state index contributed by atoms with van der Waals surface area (Å²) >= 11 is 5.68. The molecule has 104 valence electrons. The van der Waals surface area contributed by atoms with Crippen molar-refractivity contribution in [1.82, 2.24) is 0 Å². The van der Waals surface area contributed by atoms with E-state index in [1.54, 1.807) is 0 Å². The lowest BCUT2D eigenvalue weighted by molar-refractivity contribution is -0.385. The summed E-state index contributed by atoms with van der Waals surface area (Å²) in [6.07, 6.45) is 0. The van der Waals surface area contributed by atoms with Crippen LogP contribution < -0.4 is 4.74 Å². The highest BCUT2D eigenvalue weighted by Gasteiger charge is 2.17. The number of ether oxygens (including phenoxy) is 1. The van der Waals surface area contributed by atoms with Crippen LogP contribution in [-0.4, -0.2) is 10.0 Å². The first-order chi connectivity index (χ1) is 9.49. The van der Waals surface area contributed by atoms with Crippen LogP contribution in [0.25, 0.3) is 0 Å². The zero-order valence-electron chi connectivity index (χ0n) is 10.0. The van der Waals surface area contributed by atoms with E-state index >= 15 is 0 Å². The molecule has 7 heteroatoms. The van der Waals surface area contributed by atoms with Gasteiger partial charge in [-0.05, 0) is 29.8 Å². The monoisotopic (exact) mass is 297 g/mol. The van der Waals surface area contributed by atoms with Gasteiger partial charge in [-0.2, -0.15) is 0 Å². The van der Waals surface area contributed by atoms with Gasteiger partial charge >= 0.3 is 5.69 Å². The smallest absolute Gasteiger partial charge is 0.313 e. The molecule has 0 bridgehead atoms. The number of nitrogens with zero attached hydrogens (tertiary/aromatic N) is 1. The van der Waals surface area contributed by atoms with Crippen LogP contribution in [0.1, 0.15) is 5.56 Å². The van der Waals surface area contributed by atoms with Crippen LogP contribution in [0, 0.1) is 15.9 Å². The number of halogens is 2. The molecule has 2 aromatic rings. The molecule has 0 aliphatic heterocycles. The zero-order chi connectivity index (χ0) is 14.7. The summed E-state index contributed by atoms with van der Waals surface area (Å²) in [5.74, 6) is -0.614. The number of aliphatic hydroxyl groups excluding tert-OH is 1. The van der Waals surface area contributed by atoms with Crippen LogP contribution in [-0.2, 0) is 6.61 Å². The third-order valence-corrected chi connectivity index (χ3v) is 2.69. The molecule has 0 saturated carbocycles. The van der Waals surface area contributed by atoms with Gasteiger partial charge < -0.3 is 9.84 Å². The average molecular weight is 298 g/mol. The van der Waals surface area contributed by atoms with Crippen LogP contribution in [0.5, 0.6) is 11.5 Å². The highest BCUT2D eigenvalue weighted by molar-refractivity contribution is 6.30. The molecule has 0 aromatic heterocycles. The van der Waals surface area contributed by atoms with Gasteiger partial charge in [0.05, 0.1) is 11.5 Å². The largest absolute Gasteiger partial charge is 0.450 e. The van der Waals surface area contributed by atoms with Crippen LogP contribution in [0.4, 0.5) is 10.1 Å². The van der Waals surface area contributed by atoms with E-state index in [1.165, 1.54) is 18.2 Å². The number of hydrogen-bond acceptors (Lipinski definition) is 4. The molecule has 0 aliphatic carbocycles. The van der Waals surface area contributed by atoms with Gasteiger partial charge in [0.2, 0.25) is 5.75 Å². The van der Waals surface area contributed by atoms with E-state index in [-0.39, 0.29) is 28.8 Å². The molecule has 2 rings (SSSR count). The van der Waals surface area contributed by atoms with E-state index in [0.717, 1.165) is 18.2 Å². The molecule has 0 fully saturated rings. The Bertz CT molecular complexity index is 663. The summed E-state index contributed by atoms with van der Waals surface area (Å²) in [5, 5.41) is 20.1. The maximum absolute atomic E-state index is 13.3. The van der Waals surface area contributed by atoms with Gasteiger partial charge in [0, 0.05) is 17.2 Å². The van der Waals surface area contributed by atoms with Crippen LogP contribution in [0.2, 0.25) is 5.02 Å². The van der Waals surface area contributed by atoms with Gasteiger partial charge in [0.25, 0.3) is 0 Å². The number of rotatable bonds is 4. The Morgan fingerprint density at radius 3 is 2.70 bits per heavy atom. The Morgan fingerprint density at radius 2 is 2.05 bits per heavy atom. The third-order valence-electron chi connectivity index (χ3n) is 2.46. The first-order valence-corrected chi connectivity index (χ1v) is 5.89. The lowest BCUT2D eigenvalue weighted by atomic mass is 10.2. The van der Waals surface area contributed by atoms with Crippen molar-refractivity contribution in [3.05, 3.63) is 62.9 Å². The number of aliphatic hydroxyl groups is 1. The lowest BCUT2D eigenvalue weighted by Crippen LogP contribution is -1.95. The molecule has 5 nitrogen and oxygen atoms in total. The molecule has 0 spiro atoms. The fraction of sp³-hybridized carbons (Fsp3) is 0.0769. The van der Waals surface area contributed by atoms with Gasteiger partial charge in [-0.1, -0.05) is 11.6 Å². The zero-order valence-corrected chi connectivity index (χ0v) is 10.8. The molecule has 0 aliphatic rings. The molecule has 2 aromatic carbocycles. The second-order valence-electron chi connectivity index (χ2n) is 3.92. The maximum Gasteiger partial charge on any atom is 0.313 e. The highest BCUT2D eigenvalue weighted by atomic mass is 35.5. The summed E-state index contributed by atoms with van der Waals surface area (Å²) in [6, 6.07) is 7.49. The fourth-order valence-electron chi connectivity index (χ4n) is 1.62. The van der Waals surface area contributed by atoms with Crippen LogP contribution >= 0.6 is 11.6 Å². The van der Waals surface area contributed by atoms with Gasteiger partial charge in [0.1, 0.15) is 11.6 Å². The molecule has 0 unspecified atom stereocenters.